The second-order valence-corrected chi connectivity index (χ2v) is 12.5. The molecular formula is C32H42F3N3O4S. The smallest absolute Gasteiger partial charge is 0.435 e. The number of benzene rings is 2. The van der Waals surface area contributed by atoms with Crippen molar-refractivity contribution in [3.63, 3.8) is 0 Å². The molecule has 0 bridgehead atoms. The van der Waals surface area contributed by atoms with E-state index in [0.717, 1.165) is 35.6 Å². The number of nitrogens with zero attached hydrogens (tertiary/aromatic N) is 2. The normalized spacial score (nSPS) is 12.0. The Hall–Kier alpha value is -3.18. The zero-order valence-corrected chi connectivity index (χ0v) is 25.8. The minimum absolute atomic E-state index is 0.0879. The molecule has 2 aromatic carbocycles. The van der Waals surface area contributed by atoms with Crippen LogP contribution in [0.25, 0.3) is 16.9 Å². The number of aromatic nitrogens is 2. The molecule has 43 heavy (non-hydrogen) atoms. The summed E-state index contributed by atoms with van der Waals surface area (Å²) in [5, 5.41) is 3.75. The molecule has 7 nitrogen and oxygen atoms in total. The minimum atomic E-state index is -4.65. The average molecular weight is 622 g/mol. The van der Waals surface area contributed by atoms with Crippen molar-refractivity contribution in [1.29, 1.82) is 0 Å². The van der Waals surface area contributed by atoms with Gasteiger partial charge in [0.1, 0.15) is 0 Å². The number of halogens is 3. The van der Waals surface area contributed by atoms with Crippen molar-refractivity contribution < 1.29 is 31.1 Å². The lowest BCUT2D eigenvalue weighted by atomic mass is 10.1. The second kappa shape index (κ2) is 16.6. The predicted octanol–water partition coefficient (Wildman–Crippen LogP) is 8.00. The Kier molecular flexibility index (Phi) is 13.3. The van der Waals surface area contributed by atoms with Gasteiger partial charge in [0, 0.05) is 12.1 Å². The molecule has 3 rings (SSSR count). The molecule has 0 spiro atoms. The number of nitrogens with one attached hydrogen (secondary N) is 1. The topological polar surface area (TPSA) is 90.3 Å². The van der Waals surface area contributed by atoms with Crippen molar-refractivity contribution in [3.05, 3.63) is 65.9 Å². The van der Waals surface area contributed by atoms with Gasteiger partial charge in [-0.1, -0.05) is 94.5 Å². The summed E-state index contributed by atoms with van der Waals surface area (Å²) in [6.45, 7) is 4.27. The molecule has 236 valence electrons. The van der Waals surface area contributed by atoms with Gasteiger partial charge in [-0.3, -0.25) is 4.79 Å². The first-order valence-electron chi connectivity index (χ1n) is 15.0. The summed E-state index contributed by atoms with van der Waals surface area (Å²) < 4.78 is 74.6. The van der Waals surface area contributed by atoms with Crippen molar-refractivity contribution >= 4 is 16.0 Å². The third-order valence-corrected chi connectivity index (χ3v) is 8.60. The molecule has 0 unspecified atom stereocenters. The van der Waals surface area contributed by atoms with E-state index in [2.05, 4.69) is 16.7 Å². The number of hydrogen-bond donors (Lipinski definition) is 1. The maximum Gasteiger partial charge on any atom is 0.435 e. The predicted molar refractivity (Wildman–Crippen MR) is 161 cm³/mol. The van der Waals surface area contributed by atoms with Crippen molar-refractivity contribution in [3.8, 4) is 16.9 Å². The highest BCUT2D eigenvalue weighted by atomic mass is 32.2. The molecule has 11 heteroatoms. The molecule has 0 radical (unpaired) electrons. The van der Waals surface area contributed by atoms with Crippen LogP contribution in [-0.4, -0.2) is 37.3 Å². The van der Waals surface area contributed by atoms with Crippen LogP contribution in [0, 0.1) is 6.92 Å². The number of esters is 1. The van der Waals surface area contributed by atoms with E-state index in [4.69, 9.17) is 4.74 Å². The van der Waals surface area contributed by atoms with E-state index in [9.17, 15) is 26.4 Å². The summed E-state index contributed by atoms with van der Waals surface area (Å²) in [4.78, 5) is 11.9. The van der Waals surface area contributed by atoms with Gasteiger partial charge in [0.2, 0.25) is 10.0 Å². The maximum atomic E-state index is 13.5. The van der Waals surface area contributed by atoms with Gasteiger partial charge in [0.05, 0.1) is 29.3 Å². The number of carbonyl (C=O) groups excluding carboxylic acids is 1. The minimum Gasteiger partial charge on any atom is -0.466 e. The Morgan fingerprint density at radius 2 is 1.47 bits per heavy atom. The average Bonchev–Trinajstić information content (AvgIpc) is 3.43. The molecule has 0 aliphatic carbocycles. The molecule has 0 saturated carbocycles. The zero-order chi connectivity index (χ0) is 31.3. The highest BCUT2D eigenvalue weighted by Crippen LogP contribution is 2.33. The fourth-order valence-corrected chi connectivity index (χ4v) is 5.66. The van der Waals surface area contributed by atoms with Gasteiger partial charge in [-0.15, -0.1) is 0 Å². The van der Waals surface area contributed by atoms with Crippen molar-refractivity contribution in [2.75, 3.05) is 13.2 Å². The van der Waals surface area contributed by atoms with Gasteiger partial charge in [-0.25, -0.2) is 17.8 Å². The fraction of sp³-hybridized carbons (Fsp3) is 0.500. The van der Waals surface area contributed by atoms with Crippen LogP contribution in [0.3, 0.4) is 0 Å². The number of alkyl halides is 3. The Labute approximate surface area is 252 Å². The molecule has 0 fully saturated rings. The largest absolute Gasteiger partial charge is 0.466 e. The number of ether oxygens (including phenoxy) is 1. The van der Waals surface area contributed by atoms with Gasteiger partial charge in [-0.05, 0) is 43.7 Å². The molecule has 1 N–H and O–H groups in total. The Balaban J connectivity index is 1.47. The Bertz CT molecular complexity index is 1390. The summed E-state index contributed by atoms with van der Waals surface area (Å²) >= 11 is 0. The summed E-state index contributed by atoms with van der Waals surface area (Å²) in [5.41, 5.74) is 0.918. The number of unbranched alkanes of at least 4 members (excludes halogenated alkanes) is 9. The van der Waals surface area contributed by atoms with Crippen LogP contribution >= 0.6 is 0 Å². The van der Waals surface area contributed by atoms with Gasteiger partial charge in [0.15, 0.2) is 5.69 Å². The first-order chi connectivity index (χ1) is 20.5. The molecular weight excluding hydrogens is 579 g/mol. The molecule has 0 amide bonds. The highest BCUT2D eigenvalue weighted by molar-refractivity contribution is 7.89. The lowest BCUT2D eigenvalue weighted by molar-refractivity contribution is -0.143. The van der Waals surface area contributed by atoms with E-state index in [0.29, 0.717) is 12.2 Å². The molecule has 0 aliphatic heterocycles. The Morgan fingerprint density at radius 3 is 2.05 bits per heavy atom. The monoisotopic (exact) mass is 621 g/mol. The van der Waals surface area contributed by atoms with Gasteiger partial charge < -0.3 is 4.74 Å². The lowest BCUT2D eigenvalue weighted by Gasteiger charge is -2.10. The van der Waals surface area contributed by atoms with E-state index in [1.54, 1.807) is 24.3 Å². The first kappa shape index (κ1) is 34.3. The fourth-order valence-electron chi connectivity index (χ4n) is 4.63. The third kappa shape index (κ3) is 11.1. The standard InChI is InChI=1S/C32H42F3N3O4S/c1-3-4-5-6-7-8-9-10-11-12-23-42-31(39)21-22-36-43(40,41)28-19-17-27(18-20-28)38-29(24-30(37-38)32(33,34)35)26-15-13-25(2)14-16-26/h13-20,24,36H,3-12,21-23H2,1-2H3. The number of hydrogen-bond acceptors (Lipinski definition) is 5. The van der Waals surface area contributed by atoms with Crippen LogP contribution in [0.2, 0.25) is 0 Å². The number of aryl methyl sites for hydroxylation is 1. The van der Waals surface area contributed by atoms with Crippen LogP contribution in [0.1, 0.15) is 88.8 Å². The SMILES string of the molecule is CCCCCCCCCCCCOC(=O)CCNS(=O)(=O)c1ccc(-n2nc(C(F)(F)F)cc2-c2ccc(C)cc2)cc1. The lowest BCUT2D eigenvalue weighted by Crippen LogP contribution is -2.26. The molecule has 3 aromatic rings. The summed E-state index contributed by atoms with van der Waals surface area (Å²) in [7, 11) is -3.95. The number of rotatable bonds is 18. The molecule has 0 aliphatic rings. The highest BCUT2D eigenvalue weighted by Gasteiger charge is 2.35. The maximum absolute atomic E-state index is 13.5. The van der Waals surface area contributed by atoms with Crippen LogP contribution < -0.4 is 4.72 Å². The number of sulfonamides is 1. The summed E-state index contributed by atoms with van der Waals surface area (Å²) in [6, 6.07) is 13.3. The van der Waals surface area contributed by atoms with E-state index >= 15 is 0 Å². The summed E-state index contributed by atoms with van der Waals surface area (Å²) in [6.07, 6.45) is 7.00. The van der Waals surface area contributed by atoms with Crippen LogP contribution in [0.4, 0.5) is 13.2 Å². The van der Waals surface area contributed by atoms with E-state index in [1.807, 2.05) is 6.92 Å². The van der Waals surface area contributed by atoms with E-state index < -0.39 is 27.9 Å². The Morgan fingerprint density at radius 1 is 0.884 bits per heavy atom. The quantitative estimate of drug-likeness (QED) is 0.115. The van der Waals surface area contributed by atoms with Crippen LogP contribution in [0.5, 0.6) is 0 Å². The first-order valence-corrected chi connectivity index (χ1v) is 16.5. The zero-order valence-electron chi connectivity index (χ0n) is 25.0. The number of carbonyl (C=O) groups is 1. The van der Waals surface area contributed by atoms with Crippen molar-refractivity contribution in [2.24, 2.45) is 0 Å². The second-order valence-electron chi connectivity index (χ2n) is 10.7. The van der Waals surface area contributed by atoms with E-state index in [1.165, 1.54) is 69.2 Å². The molecule has 1 heterocycles. The van der Waals surface area contributed by atoms with Crippen molar-refractivity contribution in [2.45, 2.75) is 95.5 Å². The van der Waals surface area contributed by atoms with Gasteiger partial charge in [-0.2, -0.15) is 18.3 Å². The van der Waals surface area contributed by atoms with Crippen LogP contribution in [0.15, 0.2) is 59.5 Å². The van der Waals surface area contributed by atoms with Gasteiger partial charge >= 0.3 is 12.1 Å². The van der Waals surface area contributed by atoms with Crippen LogP contribution in [-0.2, 0) is 25.7 Å². The molecule has 1 aromatic heterocycles. The van der Waals surface area contributed by atoms with E-state index in [-0.39, 0.29) is 29.2 Å². The van der Waals surface area contributed by atoms with Gasteiger partial charge in [0.25, 0.3) is 0 Å². The molecule has 0 atom stereocenters. The van der Waals surface area contributed by atoms with Crippen molar-refractivity contribution in [1.82, 2.24) is 14.5 Å². The molecule has 0 saturated heterocycles. The third-order valence-electron chi connectivity index (χ3n) is 7.12. The summed E-state index contributed by atoms with van der Waals surface area (Å²) in [5.74, 6) is -0.475.